The number of ether oxygens (including phenoxy) is 3. The molecular weight excluding hydrogens is 885 g/mol. The number of amides is 11. The van der Waals surface area contributed by atoms with Crippen LogP contribution in [-0.4, -0.2) is 175 Å². The summed E-state index contributed by atoms with van der Waals surface area (Å²) in [7, 11) is 0. The molecule has 26 heteroatoms. The van der Waals surface area contributed by atoms with Gasteiger partial charge < -0.3 is 78.8 Å². The van der Waals surface area contributed by atoms with Gasteiger partial charge in [-0.2, -0.15) is 0 Å². The van der Waals surface area contributed by atoms with Gasteiger partial charge in [0.1, 0.15) is 30.2 Å². The fourth-order valence-corrected chi connectivity index (χ4v) is 5.65. The molecule has 67 heavy (non-hydrogen) atoms. The van der Waals surface area contributed by atoms with Gasteiger partial charge in [-0.1, -0.05) is 20.3 Å². The summed E-state index contributed by atoms with van der Waals surface area (Å²) in [5.74, 6) is -5.70. The molecule has 6 atom stereocenters. The third-order valence-corrected chi connectivity index (χ3v) is 9.67. The fraction of sp³-hybridized carbons (Fsp3) is 0.732. The van der Waals surface area contributed by atoms with E-state index in [4.69, 9.17) is 25.7 Å². The van der Waals surface area contributed by atoms with Crippen LogP contribution in [0.25, 0.3) is 0 Å². The van der Waals surface area contributed by atoms with Crippen molar-refractivity contribution in [2.75, 3.05) is 78.9 Å². The van der Waals surface area contributed by atoms with E-state index in [0.29, 0.717) is 97.5 Å². The van der Waals surface area contributed by atoms with Crippen molar-refractivity contribution in [3.8, 4) is 0 Å². The molecule has 382 valence electrons. The third-order valence-electron chi connectivity index (χ3n) is 9.67. The van der Waals surface area contributed by atoms with E-state index >= 15 is 0 Å². The quantitative estimate of drug-likeness (QED) is 0.0201. The molecule has 0 aliphatic carbocycles. The maximum Gasteiger partial charge on any atom is 0.243 e. The minimum atomic E-state index is -1.23. The molecule has 0 spiro atoms. The predicted octanol–water partition coefficient (Wildman–Crippen LogP) is -5.44. The summed E-state index contributed by atoms with van der Waals surface area (Å²) in [5, 5.41) is 24.8. The van der Waals surface area contributed by atoms with Gasteiger partial charge in [-0.3, -0.25) is 52.7 Å². The number of hydrogen-bond donors (Lipinski definition) is 12. The zero-order chi connectivity index (χ0) is 50.4. The lowest BCUT2D eigenvalue weighted by Crippen LogP contribution is -2.56. The van der Waals surface area contributed by atoms with Crippen molar-refractivity contribution in [1.82, 2.24) is 53.2 Å². The van der Waals surface area contributed by atoms with Gasteiger partial charge in [0.15, 0.2) is 0 Å². The number of primary amides is 1. The number of nitrogens with two attached hydrogens (primary N) is 2. The smallest absolute Gasteiger partial charge is 0.243 e. The Bertz CT molecular complexity index is 1560. The Balaban J connectivity index is 4.33. The van der Waals surface area contributed by atoms with E-state index in [2.05, 4.69) is 53.2 Å². The van der Waals surface area contributed by atoms with E-state index in [1.165, 1.54) is 13.8 Å². The van der Waals surface area contributed by atoms with Crippen molar-refractivity contribution in [3.05, 3.63) is 0 Å². The van der Waals surface area contributed by atoms with Crippen LogP contribution >= 0.6 is 0 Å². The van der Waals surface area contributed by atoms with Crippen LogP contribution in [0.15, 0.2) is 0 Å². The molecule has 2 unspecified atom stereocenters. The van der Waals surface area contributed by atoms with Crippen LogP contribution in [0.4, 0.5) is 0 Å². The van der Waals surface area contributed by atoms with Gasteiger partial charge in [-0.05, 0) is 64.8 Å². The summed E-state index contributed by atoms with van der Waals surface area (Å²) >= 11 is 0. The second kappa shape index (κ2) is 38.1. The number of carbonyl (C=O) groups excluding carboxylic acids is 11. The topological polar surface area (TPSA) is 388 Å². The molecule has 0 saturated carbocycles. The van der Waals surface area contributed by atoms with Crippen LogP contribution < -0.4 is 64.6 Å². The molecule has 0 radical (unpaired) electrons. The first kappa shape index (κ1) is 61.0. The molecule has 0 aromatic heterocycles. The van der Waals surface area contributed by atoms with Crippen molar-refractivity contribution >= 4 is 66.0 Å². The highest BCUT2D eigenvalue weighted by Crippen LogP contribution is 2.08. The largest absolute Gasteiger partial charge is 0.379 e. The molecular formula is C41H74N12O14. The molecule has 0 rings (SSSR count). The van der Waals surface area contributed by atoms with E-state index in [9.17, 15) is 52.7 Å². The van der Waals surface area contributed by atoms with Crippen molar-refractivity contribution in [2.45, 2.75) is 109 Å². The molecule has 0 aromatic rings. The highest BCUT2D eigenvalue weighted by atomic mass is 16.5. The van der Waals surface area contributed by atoms with E-state index < -0.39 is 96.5 Å². The molecule has 26 nitrogen and oxygen atoms in total. The molecule has 0 aliphatic heterocycles. The molecule has 0 aliphatic rings. The summed E-state index contributed by atoms with van der Waals surface area (Å²) in [4.78, 5) is 133. The first-order valence-electron chi connectivity index (χ1n) is 22.4. The van der Waals surface area contributed by atoms with Crippen molar-refractivity contribution in [2.24, 2.45) is 17.4 Å². The van der Waals surface area contributed by atoms with Gasteiger partial charge >= 0.3 is 0 Å². The minimum Gasteiger partial charge on any atom is -0.379 e. The van der Waals surface area contributed by atoms with Crippen LogP contribution in [0.3, 0.4) is 0 Å². The summed E-state index contributed by atoms with van der Waals surface area (Å²) < 4.78 is 16.5. The van der Waals surface area contributed by atoms with Gasteiger partial charge in [-0.25, -0.2) is 0 Å². The number of nitrogens with one attached hydrogen (secondary N) is 10. The number of hydrogen-bond acceptors (Lipinski definition) is 15. The molecule has 11 amide bonds. The van der Waals surface area contributed by atoms with E-state index in [0.717, 1.165) is 0 Å². The first-order chi connectivity index (χ1) is 32.0. The maximum absolute atomic E-state index is 12.9. The van der Waals surface area contributed by atoms with Gasteiger partial charge in [0.2, 0.25) is 66.0 Å². The number of carbonyl (C=O) groups is 11. The normalized spacial score (nSPS) is 13.4. The van der Waals surface area contributed by atoms with Gasteiger partial charge in [0.05, 0.1) is 46.1 Å². The van der Waals surface area contributed by atoms with E-state index in [1.54, 1.807) is 6.92 Å². The summed E-state index contributed by atoms with van der Waals surface area (Å²) in [6.07, 6.45) is 3.45. The first-order valence-corrected chi connectivity index (χ1v) is 22.4. The summed E-state index contributed by atoms with van der Waals surface area (Å²) in [6.45, 7) is 8.04. The Morgan fingerprint density at radius 2 is 1.07 bits per heavy atom. The Labute approximate surface area is 391 Å². The highest BCUT2D eigenvalue weighted by Gasteiger charge is 2.29. The van der Waals surface area contributed by atoms with Crippen LogP contribution in [0.1, 0.15) is 79.1 Å². The Kier molecular flexibility index (Phi) is 34.7. The standard InChI is InChI=1S/C41H74N12O14/c1-5-27(2)36(49-26-55)41(64)51-29(4)38(61)53-31(11-12-32(43)56)40(63)48-23-33(57)45-14-8-16-65-18-20-67-21-19-66-17-9-15-46-39(62)30(10-6-7-13-42)52-35(59)24-47-37(60)28(3)50-34(58)22-44-25-54/h25-31,36H,5-24,42H2,1-4H3,(H2,43,56)(H,44,54)(H,45,57)(H,46,62)(H,47,60)(H,48,63)(H,49,55)(H,50,58)(H,51,64)(H,52,59)(H,53,61)/t27?,28-,29-,30-,31-,36?/m0/s1. The lowest BCUT2D eigenvalue weighted by Gasteiger charge is -2.25. The molecule has 0 saturated heterocycles. The van der Waals surface area contributed by atoms with Gasteiger partial charge in [0, 0.05) is 32.7 Å². The summed E-state index contributed by atoms with van der Waals surface area (Å²) in [5.41, 5.74) is 10.8. The van der Waals surface area contributed by atoms with Gasteiger partial charge in [0.25, 0.3) is 0 Å². The lowest BCUT2D eigenvalue weighted by molar-refractivity contribution is -0.133. The van der Waals surface area contributed by atoms with E-state index in [-0.39, 0.29) is 38.4 Å². The maximum atomic E-state index is 12.9. The van der Waals surface area contributed by atoms with Crippen LogP contribution in [0.5, 0.6) is 0 Å². The third kappa shape index (κ3) is 30.8. The lowest BCUT2D eigenvalue weighted by atomic mass is 9.98. The number of unbranched alkanes of at least 4 members (excludes halogenated alkanes) is 1. The van der Waals surface area contributed by atoms with Gasteiger partial charge in [-0.15, -0.1) is 0 Å². The predicted molar refractivity (Wildman–Crippen MR) is 241 cm³/mol. The number of rotatable bonds is 41. The van der Waals surface area contributed by atoms with Crippen molar-refractivity contribution < 1.29 is 67.0 Å². The monoisotopic (exact) mass is 959 g/mol. The van der Waals surface area contributed by atoms with E-state index in [1.807, 2.05) is 6.92 Å². The molecule has 0 bridgehead atoms. The fourth-order valence-electron chi connectivity index (χ4n) is 5.65. The Morgan fingerprint density at radius 3 is 1.66 bits per heavy atom. The van der Waals surface area contributed by atoms with Crippen LogP contribution in [0.2, 0.25) is 0 Å². The SMILES string of the molecule is CCC(C)C(NC=O)C(=O)N[C@@H](C)C(=O)N[C@@H](CCC(N)=O)C(=O)NCC(=O)NCCCOCCOCCOCCCNC(=O)[C@H](CCCCN)NC(=O)CNC(=O)[C@H](C)NC(=O)CNC=O. The zero-order valence-electron chi connectivity index (χ0n) is 39.1. The molecule has 14 N–H and O–H groups in total. The average Bonchev–Trinajstić information content (AvgIpc) is 3.29. The Hall–Kier alpha value is -5.99. The highest BCUT2D eigenvalue weighted by molar-refractivity contribution is 5.95. The van der Waals surface area contributed by atoms with Crippen molar-refractivity contribution in [1.29, 1.82) is 0 Å². The van der Waals surface area contributed by atoms with Crippen LogP contribution in [0, 0.1) is 5.92 Å². The minimum absolute atomic E-state index is 0.153. The zero-order valence-corrected chi connectivity index (χ0v) is 39.1. The second-order valence-electron chi connectivity index (χ2n) is 15.3. The van der Waals surface area contributed by atoms with Crippen LogP contribution in [-0.2, 0) is 67.0 Å². The second-order valence-corrected chi connectivity index (χ2v) is 15.3. The average molecular weight is 959 g/mol. The molecule has 0 fully saturated rings. The molecule has 0 heterocycles. The Morgan fingerprint density at radius 1 is 0.537 bits per heavy atom. The summed E-state index contributed by atoms with van der Waals surface area (Å²) in [6, 6.07) is -5.03. The van der Waals surface area contributed by atoms with Crippen molar-refractivity contribution in [3.63, 3.8) is 0 Å². The molecule has 0 aromatic carbocycles.